The van der Waals surface area contributed by atoms with Crippen molar-refractivity contribution in [2.75, 3.05) is 0 Å². The van der Waals surface area contributed by atoms with Gasteiger partial charge in [-0.3, -0.25) is 4.98 Å². The van der Waals surface area contributed by atoms with Gasteiger partial charge in [-0.05, 0) is 64.4 Å². The molecule has 3 nitrogen and oxygen atoms in total. The predicted molar refractivity (Wildman–Crippen MR) is 112 cm³/mol. The van der Waals surface area contributed by atoms with Gasteiger partial charge in [0.15, 0.2) is 0 Å². The normalized spacial score (nSPS) is 12.2. The van der Waals surface area contributed by atoms with Crippen molar-refractivity contribution in [2.24, 2.45) is 0 Å². The first kappa shape index (κ1) is 20.0. The van der Waals surface area contributed by atoms with Crippen LogP contribution in [-0.4, -0.2) is 15.1 Å². The molecule has 0 bridgehead atoms. The van der Waals surface area contributed by atoms with Crippen LogP contribution in [0.3, 0.4) is 0 Å². The van der Waals surface area contributed by atoms with E-state index in [0.29, 0.717) is 17.0 Å². The summed E-state index contributed by atoms with van der Waals surface area (Å²) in [5.41, 5.74) is 4.42. The molecule has 3 rings (SSSR count). The topological polar surface area (TPSA) is 46.0 Å². The lowest BCUT2D eigenvalue weighted by atomic mass is 9.85. The molecule has 0 fully saturated rings. The lowest BCUT2D eigenvalue weighted by molar-refractivity contribution is 0.475. The standard InChI is InChI=1S/C24H27FN2O/c1-23(2,3)15-9-10-26-20(11-15)21-13-16(24(4,5)6)12-19(27-21)18-14-17(25)7-8-22(18)28/h7-14,28H,1-6H3. The quantitative estimate of drug-likeness (QED) is 0.573. The maximum Gasteiger partial charge on any atom is 0.125 e. The highest BCUT2D eigenvalue weighted by atomic mass is 19.1. The number of halogens is 1. The summed E-state index contributed by atoms with van der Waals surface area (Å²) in [6.45, 7) is 12.8. The third kappa shape index (κ3) is 4.22. The smallest absolute Gasteiger partial charge is 0.125 e. The van der Waals surface area contributed by atoms with Gasteiger partial charge in [0.25, 0.3) is 0 Å². The lowest BCUT2D eigenvalue weighted by Gasteiger charge is -2.22. The first-order chi connectivity index (χ1) is 12.9. The number of phenols is 1. The molecule has 3 aromatic rings. The second kappa shape index (κ2) is 7.01. The van der Waals surface area contributed by atoms with Crippen molar-refractivity contribution in [3.05, 3.63) is 65.6 Å². The van der Waals surface area contributed by atoms with Gasteiger partial charge in [0.2, 0.25) is 0 Å². The fourth-order valence-corrected chi connectivity index (χ4v) is 2.98. The molecule has 0 saturated carbocycles. The number of pyridine rings is 2. The first-order valence-corrected chi connectivity index (χ1v) is 9.43. The maximum absolute atomic E-state index is 13.8. The van der Waals surface area contributed by atoms with Gasteiger partial charge in [0.05, 0.1) is 17.1 Å². The van der Waals surface area contributed by atoms with Gasteiger partial charge in [0.1, 0.15) is 11.6 Å². The Bertz CT molecular complexity index is 1010. The Morgan fingerprint density at radius 2 is 1.36 bits per heavy atom. The van der Waals surface area contributed by atoms with E-state index in [1.807, 2.05) is 24.3 Å². The van der Waals surface area contributed by atoms with E-state index in [1.54, 1.807) is 6.20 Å². The minimum absolute atomic E-state index is 0.00214. The van der Waals surface area contributed by atoms with Crippen LogP contribution in [0.2, 0.25) is 0 Å². The molecule has 0 aliphatic heterocycles. The van der Waals surface area contributed by atoms with Gasteiger partial charge in [-0.2, -0.15) is 0 Å². The highest BCUT2D eigenvalue weighted by Gasteiger charge is 2.20. The second-order valence-corrected chi connectivity index (χ2v) is 9.22. The Labute approximate surface area is 166 Å². The zero-order valence-electron chi connectivity index (χ0n) is 17.3. The number of aromatic nitrogens is 2. The van der Waals surface area contributed by atoms with E-state index in [-0.39, 0.29) is 16.6 Å². The van der Waals surface area contributed by atoms with Gasteiger partial charge in [-0.25, -0.2) is 9.37 Å². The van der Waals surface area contributed by atoms with Crippen LogP contribution in [0.5, 0.6) is 5.75 Å². The molecule has 28 heavy (non-hydrogen) atoms. The third-order valence-corrected chi connectivity index (χ3v) is 4.81. The monoisotopic (exact) mass is 378 g/mol. The van der Waals surface area contributed by atoms with Crippen molar-refractivity contribution in [1.82, 2.24) is 9.97 Å². The van der Waals surface area contributed by atoms with Crippen molar-refractivity contribution in [3.8, 4) is 28.4 Å². The van der Waals surface area contributed by atoms with Gasteiger partial charge in [-0.1, -0.05) is 41.5 Å². The van der Waals surface area contributed by atoms with E-state index < -0.39 is 5.82 Å². The molecule has 0 saturated heterocycles. The molecule has 1 aromatic carbocycles. The second-order valence-electron chi connectivity index (χ2n) is 9.22. The summed E-state index contributed by atoms with van der Waals surface area (Å²) >= 11 is 0. The van der Waals surface area contributed by atoms with Crippen LogP contribution >= 0.6 is 0 Å². The Kier molecular flexibility index (Phi) is 5.00. The fraction of sp³-hybridized carbons (Fsp3) is 0.333. The number of phenolic OH excluding ortho intramolecular Hbond substituents is 1. The van der Waals surface area contributed by atoms with Crippen molar-refractivity contribution < 1.29 is 9.50 Å². The van der Waals surface area contributed by atoms with E-state index in [9.17, 15) is 9.50 Å². The van der Waals surface area contributed by atoms with Crippen molar-refractivity contribution in [2.45, 2.75) is 52.4 Å². The van der Waals surface area contributed by atoms with Crippen LogP contribution < -0.4 is 0 Å². The van der Waals surface area contributed by atoms with Gasteiger partial charge < -0.3 is 5.11 Å². The number of nitrogens with zero attached hydrogens (tertiary/aromatic N) is 2. The number of hydrogen-bond acceptors (Lipinski definition) is 3. The molecule has 0 atom stereocenters. The third-order valence-electron chi connectivity index (χ3n) is 4.81. The van der Waals surface area contributed by atoms with Crippen LogP contribution in [-0.2, 0) is 10.8 Å². The van der Waals surface area contributed by atoms with E-state index in [1.165, 1.54) is 18.2 Å². The lowest BCUT2D eigenvalue weighted by Crippen LogP contribution is -2.13. The van der Waals surface area contributed by atoms with Crippen LogP contribution in [0.15, 0.2) is 48.7 Å². The molecule has 0 amide bonds. The minimum Gasteiger partial charge on any atom is -0.507 e. The van der Waals surface area contributed by atoms with Crippen LogP contribution in [0.25, 0.3) is 22.6 Å². The molecule has 0 aliphatic carbocycles. The Balaban J connectivity index is 2.24. The molecule has 1 N–H and O–H groups in total. The predicted octanol–water partition coefficient (Wildman–Crippen LogP) is 6.25. The minimum atomic E-state index is -0.412. The van der Waals surface area contributed by atoms with Gasteiger partial charge in [0, 0.05) is 11.8 Å². The summed E-state index contributed by atoms with van der Waals surface area (Å²) in [6.07, 6.45) is 1.79. The van der Waals surface area contributed by atoms with Crippen LogP contribution in [0, 0.1) is 5.82 Å². The summed E-state index contributed by atoms with van der Waals surface area (Å²) in [5, 5.41) is 10.3. The Hall–Kier alpha value is -2.75. The molecule has 0 aliphatic rings. The molecule has 0 unspecified atom stereocenters. The largest absolute Gasteiger partial charge is 0.507 e. The zero-order valence-corrected chi connectivity index (χ0v) is 17.3. The number of hydrogen-bond donors (Lipinski definition) is 1. The summed E-state index contributed by atoms with van der Waals surface area (Å²) in [6, 6.07) is 11.9. The highest BCUT2D eigenvalue weighted by molar-refractivity contribution is 5.71. The molecule has 2 heterocycles. The molecule has 4 heteroatoms. The highest BCUT2D eigenvalue weighted by Crippen LogP contribution is 2.35. The van der Waals surface area contributed by atoms with E-state index in [0.717, 1.165) is 16.8 Å². The fourth-order valence-electron chi connectivity index (χ4n) is 2.98. The molecule has 0 spiro atoms. The number of aromatic hydroxyl groups is 1. The Morgan fingerprint density at radius 3 is 2.00 bits per heavy atom. The average Bonchev–Trinajstić information content (AvgIpc) is 2.62. The van der Waals surface area contributed by atoms with Crippen molar-refractivity contribution in [3.63, 3.8) is 0 Å². The van der Waals surface area contributed by atoms with Gasteiger partial charge in [-0.15, -0.1) is 0 Å². The zero-order chi connectivity index (χ0) is 20.7. The molecule has 2 aromatic heterocycles. The van der Waals surface area contributed by atoms with Crippen LogP contribution in [0.4, 0.5) is 4.39 Å². The van der Waals surface area contributed by atoms with Gasteiger partial charge >= 0.3 is 0 Å². The summed E-state index contributed by atoms with van der Waals surface area (Å²) < 4.78 is 13.8. The van der Waals surface area contributed by atoms with E-state index >= 15 is 0 Å². The summed E-state index contributed by atoms with van der Waals surface area (Å²) in [4.78, 5) is 9.25. The van der Waals surface area contributed by atoms with Crippen molar-refractivity contribution >= 4 is 0 Å². The van der Waals surface area contributed by atoms with Crippen LogP contribution in [0.1, 0.15) is 52.7 Å². The SMILES string of the molecule is CC(C)(C)c1ccnc(-c2cc(C(C)(C)C)cc(-c3cc(F)ccc3O)n2)c1. The molecule has 146 valence electrons. The summed E-state index contributed by atoms with van der Waals surface area (Å²) in [5.74, 6) is -0.410. The Morgan fingerprint density at radius 1 is 0.750 bits per heavy atom. The van der Waals surface area contributed by atoms with Crippen molar-refractivity contribution in [1.29, 1.82) is 0 Å². The molecular weight excluding hydrogens is 351 g/mol. The average molecular weight is 378 g/mol. The maximum atomic E-state index is 13.8. The summed E-state index contributed by atoms with van der Waals surface area (Å²) in [7, 11) is 0. The molecule has 0 radical (unpaired) electrons. The van der Waals surface area contributed by atoms with E-state index in [4.69, 9.17) is 4.98 Å². The molecular formula is C24H27FN2O. The first-order valence-electron chi connectivity index (χ1n) is 9.43. The van der Waals surface area contributed by atoms with E-state index in [2.05, 4.69) is 46.5 Å². The number of benzene rings is 1. The number of rotatable bonds is 2.